The molecule has 2 aromatic rings. The van der Waals surface area contributed by atoms with Crippen molar-refractivity contribution in [3.05, 3.63) is 48.3 Å². The second-order valence-electron chi connectivity index (χ2n) is 6.41. The molecule has 0 saturated heterocycles. The van der Waals surface area contributed by atoms with Crippen LogP contribution in [-0.4, -0.2) is 34.3 Å². The summed E-state index contributed by atoms with van der Waals surface area (Å²) in [7, 11) is 1.65. The number of rotatable bonds is 4. The van der Waals surface area contributed by atoms with Crippen molar-refractivity contribution >= 4 is 28.9 Å². The van der Waals surface area contributed by atoms with Crippen molar-refractivity contribution in [2.45, 2.75) is 31.5 Å². The number of hydrogen-bond donors (Lipinski definition) is 0. The van der Waals surface area contributed by atoms with E-state index in [0.29, 0.717) is 5.16 Å². The van der Waals surface area contributed by atoms with E-state index in [1.165, 1.54) is 11.8 Å². The van der Waals surface area contributed by atoms with E-state index in [1.807, 2.05) is 36.9 Å². The van der Waals surface area contributed by atoms with Gasteiger partial charge in [0.05, 0.1) is 24.1 Å². The molecule has 0 atom stereocenters. The second kappa shape index (κ2) is 6.88. The Morgan fingerprint density at radius 2 is 2.00 bits per heavy atom. The van der Waals surface area contributed by atoms with Gasteiger partial charge in [-0.1, -0.05) is 17.8 Å². The van der Waals surface area contributed by atoms with Crippen molar-refractivity contribution < 1.29 is 9.53 Å². The van der Waals surface area contributed by atoms with Gasteiger partial charge >= 0.3 is 0 Å². The standard InChI is InChI=1S/C19H21N3O2S/c1-13-11-19(2,3)22(16-7-6-14(24-4)10-15(13)16)17(23)12-25-18-20-8-5-9-21-18/h5-11H,12H2,1-4H3. The smallest absolute Gasteiger partial charge is 0.238 e. The van der Waals surface area contributed by atoms with Gasteiger partial charge in [0, 0.05) is 18.0 Å². The predicted molar refractivity (Wildman–Crippen MR) is 101 cm³/mol. The van der Waals surface area contributed by atoms with Gasteiger partial charge in [0.1, 0.15) is 5.75 Å². The van der Waals surface area contributed by atoms with Crippen LogP contribution in [0.4, 0.5) is 5.69 Å². The van der Waals surface area contributed by atoms with E-state index >= 15 is 0 Å². The number of hydrogen-bond acceptors (Lipinski definition) is 5. The lowest BCUT2D eigenvalue weighted by atomic mass is 9.88. The summed E-state index contributed by atoms with van der Waals surface area (Å²) in [6, 6.07) is 7.58. The minimum atomic E-state index is -0.402. The minimum absolute atomic E-state index is 0.0256. The molecule has 2 heterocycles. The Morgan fingerprint density at radius 1 is 1.28 bits per heavy atom. The molecule has 5 nitrogen and oxygen atoms in total. The van der Waals surface area contributed by atoms with Crippen LogP contribution >= 0.6 is 11.8 Å². The molecular formula is C19H21N3O2S. The number of benzene rings is 1. The average Bonchev–Trinajstić information content (AvgIpc) is 2.60. The Hall–Kier alpha value is -2.34. The van der Waals surface area contributed by atoms with Crippen molar-refractivity contribution in [1.29, 1.82) is 0 Å². The molecule has 0 spiro atoms. The molecule has 1 aliphatic rings. The number of allylic oxidation sites excluding steroid dienone is 1. The van der Waals surface area contributed by atoms with Crippen LogP contribution in [0.15, 0.2) is 47.9 Å². The van der Waals surface area contributed by atoms with Crippen LogP contribution < -0.4 is 9.64 Å². The minimum Gasteiger partial charge on any atom is -0.497 e. The monoisotopic (exact) mass is 355 g/mol. The van der Waals surface area contributed by atoms with Gasteiger partial charge < -0.3 is 9.64 Å². The first-order valence-corrected chi connectivity index (χ1v) is 9.01. The van der Waals surface area contributed by atoms with Crippen LogP contribution in [0.1, 0.15) is 26.3 Å². The molecule has 0 radical (unpaired) electrons. The Balaban J connectivity index is 1.90. The topological polar surface area (TPSA) is 55.3 Å². The SMILES string of the molecule is COc1ccc2c(c1)C(C)=CC(C)(C)N2C(=O)CSc1ncccn1. The fraction of sp³-hybridized carbons (Fsp3) is 0.316. The Labute approximate surface area is 152 Å². The molecule has 1 aromatic heterocycles. The van der Waals surface area contributed by atoms with Gasteiger partial charge in [-0.15, -0.1) is 0 Å². The maximum atomic E-state index is 13.0. The molecule has 0 N–H and O–H groups in total. The van der Waals surface area contributed by atoms with Gasteiger partial charge in [-0.25, -0.2) is 9.97 Å². The summed E-state index contributed by atoms with van der Waals surface area (Å²) in [5, 5.41) is 0.604. The summed E-state index contributed by atoms with van der Waals surface area (Å²) in [5.41, 5.74) is 2.67. The molecule has 1 amide bonds. The van der Waals surface area contributed by atoms with Crippen LogP contribution in [0, 0.1) is 0 Å². The van der Waals surface area contributed by atoms with Gasteiger partial charge in [-0.3, -0.25) is 4.79 Å². The lowest BCUT2D eigenvalue weighted by molar-refractivity contribution is -0.116. The maximum Gasteiger partial charge on any atom is 0.238 e. The third kappa shape index (κ3) is 3.54. The molecule has 0 aliphatic carbocycles. The number of fused-ring (bicyclic) bond motifs is 1. The summed E-state index contributed by atoms with van der Waals surface area (Å²) in [5.74, 6) is 1.09. The molecule has 1 aliphatic heterocycles. The van der Waals surface area contributed by atoms with E-state index < -0.39 is 5.54 Å². The third-order valence-electron chi connectivity index (χ3n) is 4.13. The molecule has 1 aromatic carbocycles. The Kier molecular flexibility index (Phi) is 4.81. The van der Waals surface area contributed by atoms with Crippen molar-refractivity contribution in [2.24, 2.45) is 0 Å². The number of methoxy groups -OCH3 is 1. The summed E-state index contributed by atoms with van der Waals surface area (Å²) in [6.45, 7) is 6.16. The number of ether oxygens (including phenoxy) is 1. The van der Waals surface area contributed by atoms with Crippen LogP contribution in [0.25, 0.3) is 5.57 Å². The molecule has 25 heavy (non-hydrogen) atoms. The maximum absolute atomic E-state index is 13.0. The van der Waals surface area contributed by atoms with Gasteiger partial charge in [-0.2, -0.15) is 0 Å². The normalized spacial score (nSPS) is 15.4. The third-order valence-corrected chi connectivity index (χ3v) is 4.99. The van der Waals surface area contributed by atoms with Gasteiger partial charge in [0.25, 0.3) is 0 Å². The fourth-order valence-electron chi connectivity index (χ4n) is 3.14. The van der Waals surface area contributed by atoms with Crippen LogP contribution in [-0.2, 0) is 4.79 Å². The Bertz CT molecular complexity index is 819. The molecule has 0 bridgehead atoms. The summed E-state index contributed by atoms with van der Waals surface area (Å²) < 4.78 is 5.33. The quantitative estimate of drug-likeness (QED) is 0.617. The molecular weight excluding hydrogens is 334 g/mol. The summed E-state index contributed by atoms with van der Waals surface area (Å²) in [6.07, 6.45) is 5.48. The lowest BCUT2D eigenvalue weighted by Crippen LogP contribution is -2.49. The van der Waals surface area contributed by atoms with Crippen molar-refractivity contribution in [3.63, 3.8) is 0 Å². The number of carbonyl (C=O) groups excluding carboxylic acids is 1. The zero-order chi connectivity index (χ0) is 18.0. The fourth-order valence-corrected chi connectivity index (χ4v) is 3.79. The Morgan fingerprint density at radius 3 is 2.68 bits per heavy atom. The first-order valence-electron chi connectivity index (χ1n) is 8.03. The number of thioether (sulfide) groups is 1. The van der Waals surface area contributed by atoms with Gasteiger partial charge in [0.2, 0.25) is 5.91 Å². The molecule has 0 saturated carbocycles. The summed E-state index contributed by atoms with van der Waals surface area (Å²) in [4.78, 5) is 23.2. The molecule has 0 fully saturated rings. The van der Waals surface area contributed by atoms with Crippen LogP contribution in [0.5, 0.6) is 5.75 Å². The van der Waals surface area contributed by atoms with E-state index in [4.69, 9.17) is 4.74 Å². The second-order valence-corrected chi connectivity index (χ2v) is 7.36. The van der Waals surface area contributed by atoms with Gasteiger partial charge in [0.15, 0.2) is 5.16 Å². The predicted octanol–water partition coefficient (Wildman–Crippen LogP) is 3.81. The van der Waals surface area contributed by atoms with Crippen LogP contribution in [0.2, 0.25) is 0 Å². The molecule has 0 unspecified atom stereocenters. The molecule has 3 rings (SSSR count). The first kappa shape index (κ1) is 17.5. The highest BCUT2D eigenvalue weighted by Gasteiger charge is 2.35. The first-order chi connectivity index (χ1) is 11.9. The van der Waals surface area contributed by atoms with Crippen molar-refractivity contribution in [2.75, 3.05) is 17.8 Å². The number of amides is 1. The largest absolute Gasteiger partial charge is 0.497 e. The van der Waals surface area contributed by atoms with Crippen molar-refractivity contribution in [3.8, 4) is 5.75 Å². The average molecular weight is 355 g/mol. The van der Waals surface area contributed by atoms with E-state index in [1.54, 1.807) is 25.6 Å². The highest BCUT2D eigenvalue weighted by Crippen LogP contribution is 2.40. The van der Waals surface area contributed by atoms with E-state index in [0.717, 1.165) is 22.6 Å². The number of carbonyl (C=O) groups is 1. The van der Waals surface area contributed by atoms with E-state index in [2.05, 4.69) is 23.0 Å². The lowest BCUT2D eigenvalue weighted by Gasteiger charge is -2.41. The zero-order valence-electron chi connectivity index (χ0n) is 14.8. The number of anilines is 1. The highest BCUT2D eigenvalue weighted by atomic mass is 32.2. The van der Waals surface area contributed by atoms with E-state index in [-0.39, 0.29) is 11.7 Å². The van der Waals surface area contributed by atoms with Crippen molar-refractivity contribution in [1.82, 2.24) is 9.97 Å². The number of aromatic nitrogens is 2. The van der Waals surface area contributed by atoms with Gasteiger partial charge in [-0.05, 0) is 50.6 Å². The highest BCUT2D eigenvalue weighted by molar-refractivity contribution is 7.99. The number of nitrogens with zero attached hydrogens (tertiary/aromatic N) is 3. The zero-order valence-corrected chi connectivity index (χ0v) is 15.6. The van der Waals surface area contributed by atoms with Crippen LogP contribution in [0.3, 0.4) is 0 Å². The van der Waals surface area contributed by atoms with E-state index in [9.17, 15) is 4.79 Å². The molecule has 6 heteroatoms. The molecule has 130 valence electrons. The summed E-state index contributed by atoms with van der Waals surface area (Å²) >= 11 is 1.35.